The third-order valence-corrected chi connectivity index (χ3v) is 3.32. The number of aromatic nitrogens is 2. The molecular weight excluding hydrogens is 241 g/mol. The predicted octanol–water partition coefficient (Wildman–Crippen LogP) is 2.91. The third-order valence-electron chi connectivity index (χ3n) is 3.32. The van der Waals surface area contributed by atoms with Gasteiger partial charge in [0.15, 0.2) is 0 Å². The summed E-state index contributed by atoms with van der Waals surface area (Å²) in [6, 6.07) is 8.75. The standard InChI is InChI=1S/C15H20FN3/c1-4-11-10-14(19(5-2)18-11)15(17-3)12-8-6-7-9-13(12)16/h6-10,15,17H,4-5H2,1-3H3. The van der Waals surface area contributed by atoms with Crippen molar-refractivity contribution >= 4 is 0 Å². The molecule has 0 fully saturated rings. The fraction of sp³-hybridized carbons (Fsp3) is 0.400. The Labute approximate surface area is 113 Å². The van der Waals surface area contributed by atoms with Crippen molar-refractivity contribution in [3.8, 4) is 0 Å². The van der Waals surface area contributed by atoms with Gasteiger partial charge in [-0.1, -0.05) is 25.1 Å². The van der Waals surface area contributed by atoms with Crippen LogP contribution in [0.25, 0.3) is 0 Å². The molecule has 0 amide bonds. The minimum absolute atomic E-state index is 0.172. The quantitative estimate of drug-likeness (QED) is 0.897. The summed E-state index contributed by atoms with van der Waals surface area (Å²) in [5.74, 6) is -0.191. The predicted molar refractivity (Wildman–Crippen MR) is 74.6 cm³/mol. The van der Waals surface area contributed by atoms with Crippen LogP contribution in [-0.4, -0.2) is 16.8 Å². The highest BCUT2D eigenvalue weighted by Crippen LogP contribution is 2.25. The molecule has 2 rings (SSSR count). The number of benzene rings is 1. The maximum atomic E-state index is 14.0. The molecular formula is C15H20FN3. The van der Waals surface area contributed by atoms with Gasteiger partial charge in [-0.2, -0.15) is 5.10 Å². The molecule has 4 heteroatoms. The molecule has 1 aromatic heterocycles. The van der Waals surface area contributed by atoms with E-state index in [4.69, 9.17) is 0 Å². The smallest absolute Gasteiger partial charge is 0.128 e. The van der Waals surface area contributed by atoms with Gasteiger partial charge in [-0.05, 0) is 32.5 Å². The van der Waals surface area contributed by atoms with E-state index in [1.54, 1.807) is 6.07 Å². The molecule has 1 atom stereocenters. The SMILES string of the molecule is CCc1cc(C(NC)c2ccccc2F)n(CC)n1. The topological polar surface area (TPSA) is 29.9 Å². The van der Waals surface area contributed by atoms with Crippen molar-refractivity contribution in [2.75, 3.05) is 7.05 Å². The van der Waals surface area contributed by atoms with E-state index in [0.29, 0.717) is 5.56 Å². The van der Waals surface area contributed by atoms with Gasteiger partial charge in [0.25, 0.3) is 0 Å². The Morgan fingerprint density at radius 3 is 2.63 bits per heavy atom. The zero-order valence-corrected chi connectivity index (χ0v) is 11.7. The number of rotatable bonds is 5. The van der Waals surface area contributed by atoms with Gasteiger partial charge in [0.2, 0.25) is 0 Å². The van der Waals surface area contributed by atoms with E-state index < -0.39 is 0 Å². The lowest BCUT2D eigenvalue weighted by Crippen LogP contribution is -2.22. The van der Waals surface area contributed by atoms with Crippen LogP contribution in [0.5, 0.6) is 0 Å². The van der Waals surface area contributed by atoms with E-state index in [2.05, 4.69) is 23.4 Å². The number of hydrogen-bond donors (Lipinski definition) is 1. The second-order valence-electron chi connectivity index (χ2n) is 4.47. The molecule has 0 aliphatic rings. The molecule has 0 bridgehead atoms. The van der Waals surface area contributed by atoms with Crippen LogP contribution >= 0.6 is 0 Å². The summed E-state index contributed by atoms with van der Waals surface area (Å²) in [6.45, 7) is 4.90. The first kappa shape index (κ1) is 13.7. The Balaban J connectivity index is 2.47. The van der Waals surface area contributed by atoms with E-state index in [9.17, 15) is 4.39 Å². The van der Waals surface area contributed by atoms with E-state index in [1.165, 1.54) is 6.07 Å². The van der Waals surface area contributed by atoms with Crippen LogP contribution in [0, 0.1) is 5.82 Å². The number of nitrogens with zero attached hydrogens (tertiary/aromatic N) is 2. The third kappa shape index (κ3) is 2.68. The Hall–Kier alpha value is -1.68. The van der Waals surface area contributed by atoms with Crippen molar-refractivity contribution in [2.24, 2.45) is 0 Å². The largest absolute Gasteiger partial charge is 0.308 e. The molecule has 3 nitrogen and oxygen atoms in total. The first-order chi connectivity index (χ1) is 9.21. The van der Waals surface area contributed by atoms with E-state index in [-0.39, 0.29) is 11.9 Å². The molecule has 0 radical (unpaired) electrons. The number of halogens is 1. The van der Waals surface area contributed by atoms with E-state index in [0.717, 1.165) is 24.4 Å². The van der Waals surface area contributed by atoms with Crippen LogP contribution in [0.3, 0.4) is 0 Å². The molecule has 0 aliphatic carbocycles. The monoisotopic (exact) mass is 261 g/mol. The zero-order valence-electron chi connectivity index (χ0n) is 11.7. The van der Waals surface area contributed by atoms with Crippen molar-refractivity contribution in [3.63, 3.8) is 0 Å². The second kappa shape index (κ2) is 5.97. The average Bonchev–Trinajstić information content (AvgIpc) is 2.85. The van der Waals surface area contributed by atoms with Gasteiger partial charge in [-0.25, -0.2) is 4.39 Å². The highest BCUT2D eigenvalue weighted by molar-refractivity contribution is 5.30. The van der Waals surface area contributed by atoms with Crippen molar-refractivity contribution in [3.05, 3.63) is 53.1 Å². The van der Waals surface area contributed by atoms with Crippen LogP contribution in [0.15, 0.2) is 30.3 Å². The Kier molecular flexibility index (Phi) is 4.32. The molecule has 102 valence electrons. The number of nitrogens with one attached hydrogen (secondary N) is 1. The Morgan fingerprint density at radius 2 is 2.05 bits per heavy atom. The van der Waals surface area contributed by atoms with Crippen molar-refractivity contribution in [1.29, 1.82) is 0 Å². The maximum absolute atomic E-state index is 14.0. The second-order valence-corrected chi connectivity index (χ2v) is 4.47. The number of hydrogen-bond acceptors (Lipinski definition) is 2. The Morgan fingerprint density at radius 1 is 1.32 bits per heavy atom. The summed E-state index contributed by atoms with van der Waals surface area (Å²) in [5, 5.41) is 7.71. The molecule has 2 aromatic rings. The Bertz CT molecular complexity index is 548. The molecule has 1 heterocycles. The lowest BCUT2D eigenvalue weighted by atomic mass is 10.0. The summed E-state index contributed by atoms with van der Waals surface area (Å²) in [6.07, 6.45) is 0.883. The van der Waals surface area contributed by atoms with Crippen molar-refractivity contribution in [2.45, 2.75) is 32.9 Å². The molecule has 1 aromatic carbocycles. The summed E-state index contributed by atoms with van der Waals surface area (Å²) >= 11 is 0. The molecule has 0 saturated heterocycles. The van der Waals surface area contributed by atoms with Crippen LogP contribution in [0.4, 0.5) is 4.39 Å². The maximum Gasteiger partial charge on any atom is 0.128 e. The molecule has 0 aliphatic heterocycles. The van der Waals surface area contributed by atoms with Crippen LogP contribution in [-0.2, 0) is 13.0 Å². The van der Waals surface area contributed by atoms with Crippen molar-refractivity contribution < 1.29 is 4.39 Å². The average molecular weight is 261 g/mol. The fourth-order valence-electron chi connectivity index (χ4n) is 2.32. The minimum atomic E-state index is -0.191. The van der Waals surface area contributed by atoms with Gasteiger partial charge in [-0.15, -0.1) is 0 Å². The lowest BCUT2D eigenvalue weighted by molar-refractivity contribution is 0.531. The molecule has 1 unspecified atom stereocenters. The van der Waals surface area contributed by atoms with Gasteiger partial charge >= 0.3 is 0 Å². The summed E-state index contributed by atoms with van der Waals surface area (Å²) in [7, 11) is 1.84. The first-order valence-corrected chi connectivity index (χ1v) is 6.69. The highest BCUT2D eigenvalue weighted by atomic mass is 19.1. The highest BCUT2D eigenvalue weighted by Gasteiger charge is 2.20. The minimum Gasteiger partial charge on any atom is -0.308 e. The normalized spacial score (nSPS) is 12.6. The first-order valence-electron chi connectivity index (χ1n) is 6.69. The van der Waals surface area contributed by atoms with Crippen LogP contribution in [0.2, 0.25) is 0 Å². The van der Waals surface area contributed by atoms with E-state index >= 15 is 0 Å². The zero-order chi connectivity index (χ0) is 13.8. The van der Waals surface area contributed by atoms with Crippen LogP contribution < -0.4 is 5.32 Å². The van der Waals surface area contributed by atoms with Crippen molar-refractivity contribution in [1.82, 2.24) is 15.1 Å². The van der Waals surface area contributed by atoms with Gasteiger partial charge in [0.05, 0.1) is 17.4 Å². The van der Waals surface area contributed by atoms with Gasteiger partial charge in [0, 0.05) is 12.1 Å². The van der Waals surface area contributed by atoms with E-state index in [1.807, 2.05) is 30.8 Å². The lowest BCUT2D eigenvalue weighted by Gasteiger charge is -2.18. The molecule has 0 saturated carbocycles. The fourth-order valence-corrected chi connectivity index (χ4v) is 2.32. The summed E-state index contributed by atoms with van der Waals surface area (Å²) < 4.78 is 15.9. The van der Waals surface area contributed by atoms with Gasteiger partial charge in [-0.3, -0.25) is 4.68 Å². The summed E-state index contributed by atoms with van der Waals surface area (Å²) in [5.41, 5.74) is 2.70. The van der Waals surface area contributed by atoms with Crippen LogP contribution in [0.1, 0.15) is 36.8 Å². The van der Waals surface area contributed by atoms with Gasteiger partial charge in [0.1, 0.15) is 5.82 Å². The molecule has 1 N–H and O–H groups in total. The summed E-state index contributed by atoms with van der Waals surface area (Å²) in [4.78, 5) is 0. The molecule has 19 heavy (non-hydrogen) atoms. The van der Waals surface area contributed by atoms with Gasteiger partial charge < -0.3 is 5.32 Å². The number of aryl methyl sites for hydroxylation is 2. The molecule has 0 spiro atoms.